The molecule has 2 rings (SSSR count). The van der Waals surface area contributed by atoms with Crippen molar-refractivity contribution in [2.75, 3.05) is 5.32 Å². The van der Waals surface area contributed by atoms with Crippen LogP contribution in [0.5, 0.6) is 0 Å². The SMILES string of the molecule is Cc1nc(Cl)c(C)c(NC(C)(C)C2CC2)n1. The van der Waals surface area contributed by atoms with Gasteiger partial charge in [-0.1, -0.05) is 11.6 Å². The van der Waals surface area contributed by atoms with Crippen LogP contribution in [0.1, 0.15) is 38.1 Å². The molecule has 1 fully saturated rings. The van der Waals surface area contributed by atoms with Gasteiger partial charge in [-0.25, -0.2) is 9.97 Å². The first-order chi connectivity index (χ1) is 7.40. The van der Waals surface area contributed by atoms with Crippen LogP contribution in [-0.4, -0.2) is 15.5 Å². The lowest BCUT2D eigenvalue weighted by molar-refractivity contribution is 0.492. The standard InChI is InChI=1S/C12H18ClN3/c1-7-10(13)14-8(2)15-11(7)16-12(3,4)9-5-6-9/h9H,5-6H2,1-4H3,(H,14,15,16). The van der Waals surface area contributed by atoms with E-state index in [1.54, 1.807) is 0 Å². The van der Waals surface area contributed by atoms with E-state index in [9.17, 15) is 0 Å². The quantitative estimate of drug-likeness (QED) is 0.822. The summed E-state index contributed by atoms with van der Waals surface area (Å²) in [5.74, 6) is 2.33. The predicted molar refractivity (Wildman–Crippen MR) is 66.9 cm³/mol. The molecule has 16 heavy (non-hydrogen) atoms. The highest BCUT2D eigenvalue weighted by molar-refractivity contribution is 6.30. The van der Waals surface area contributed by atoms with Crippen LogP contribution in [0, 0.1) is 19.8 Å². The zero-order chi connectivity index (χ0) is 11.9. The Bertz CT molecular complexity index is 411. The fourth-order valence-electron chi connectivity index (χ4n) is 1.93. The van der Waals surface area contributed by atoms with Crippen molar-refractivity contribution in [1.29, 1.82) is 0 Å². The second kappa shape index (κ2) is 3.88. The molecule has 0 spiro atoms. The highest BCUT2D eigenvalue weighted by Gasteiger charge is 2.38. The van der Waals surface area contributed by atoms with E-state index in [0.717, 1.165) is 17.3 Å². The van der Waals surface area contributed by atoms with Gasteiger partial charge in [0.25, 0.3) is 0 Å². The largest absolute Gasteiger partial charge is 0.365 e. The number of nitrogens with one attached hydrogen (secondary N) is 1. The van der Waals surface area contributed by atoms with Gasteiger partial charge in [0.15, 0.2) is 0 Å². The summed E-state index contributed by atoms with van der Waals surface area (Å²) in [6, 6.07) is 0. The predicted octanol–water partition coefficient (Wildman–Crippen LogP) is 3.35. The van der Waals surface area contributed by atoms with Crippen molar-refractivity contribution in [3.63, 3.8) is 0 Å². The maximum Gasteiger partial charge on any atom is 0.137 e. The maximum absolute atomic E-state index is 6.05. The van der Waals surface area contributed by atoms with Gasteiger partial charge in [0.1, 0.15) is 16.8 Å². The molecule has 0 radical (unpaired) electrons. The minimum absolute atomic E-state index is 0.0921. The van der Waals surface area contributed by atoms with E-state index in [0.29, 0.717) is 11.0 Å². The third-order valence-electron chi connectivity index (χ3n) is 3.24. The molecule has 0 amide bonds. The Balaban J connectivity index is 2.26. The Morgan fingerprint density at radius 2 is 1.88 bits per heavy atom. The Labute approximate surface area is 102 Å². The van der Waals surface area contributed by atoms with Crippen LogP contribution in [0.15, 0.2) is 0 Å². The number of halogens is 1. The van der Waals surface area contributed by atoms with E-state index in [1.807, 2.05) is 13.8 Å². The van der Waals surface area contributed by atoms with Crippen molar-refractivity contribution in [1.82, 2.24) is 9.97 Å². The van der Waals surface area contributed by atoms with Gasteiger partial charge in [-0.2, -0.15) is 0 Å². The van der Waals surface area contributed by atoms with Crippen molar-refractivity contribution in [2.45, 2.75) is 46.1 Å². The van der Waals surface area contributed by atoms with E-state index in [2.05, 4.69) is 29.1 Å². The first kappa shape index (κ1) is 11.6. The van der Waals surface area contributed by atoms with E-state index in [-0.39, 0.29) is 5.54 Å². The van der Waals surface area contributed by atoms with Gasteiger partial charge < -0.3 is 5.32 Å². The smallest absolute Gasteiger partial charge is 0.137 e. The van der Waals surface area contributed by atoms with Gasteiger partial charge >= 0.3 is 0 Å². The van der Waals surface area contributed by atoms with Crippen LogP contribution in [0.3, 0.4) is 0 Å². The molecular weight excluding hydrogens is 222 g/mol. The average molecular weight is 240 g/mol. The van der Waals surface area contributed by atoms with E-state index in [4.69, 9.17) is 11.6 Å². The van der Waals surface area contributed by atoms with Gasteiger partial charge in [0, 0.05) is 11.1 Å². The Hall–Kier alpha value is -0.830. The Morgan fingerprint density at radius 1 is 1.25 bits per heavy atom. The molecule has 3 nitrogen and oxygen atoms in total. The molecule has 1 saturated carbocycles. The van der Waals surface area contributed by atoms with Crippen LogP contribution >= 0.6 is 11.6 Å². The molecule has 1 aliphatic rings. The van der Waals surface area contributed by atoms with Crippen LogP contribution in [0.4, 0.5) is 5.82 Å². The van der Waals surface area contributed by atoms with Crippen molar-refractivity contribution >= 4 is 17.4 Å². The third kappa shape index (κ3) is 2.29. The van der Waals surface area contributed by atoms with Crippen molar-refractivity contribution in [3.05, 3.63) is 16.5 Å². The van der Waals surface area contributed by atoms with E-state index < -0.39 is 0 Å². The van der Waals surface area contributed by atoms with E-state index in [1.165, 1.54) is 12.8 Å². The summed E-state index contributed by atoms with van der Waals surface area (Å²) in [4.78, 5) is 8.56. The van der Waals surface area contributed by atoms with Crippen molar-refractivity contribution < 1.29 is 0 Å². The minimum Gasteiger partial charge on any atom is -0.365 e. The fourth-order valence-corrected chi connectivity index (χ4v) is 2.14. The molecule has 0 saturated heterocycles. The third-order valence-corrected chi connectivity index (χ3v) is 3.60. The molecule has 1 aliphatic carbocycles. The molecule has 1 N–H and O–H groups in total. The molecule has 0 bridgehead atoms. The van der Waals surface area contributed by atoms with Crippen LogP contribution < -0.4 is 5.32 Å². The molecule has 0 aromatic carbocycles. The lowest BCUT2D eigenvalue weighted by atomic mass is 9.98. The van der Waals surface area contributed by atoms with Gasteiger partial charge in [-0.3, -0.25) is 0 Å². The molecule has 0 unspecified atom stereocenters. The van der Waals surface area contributed by atoms with Crippen LogP contribution in [0.2, 0.25) is 5.15 Å². The maximum atomic E-state index is 6.05. The Morgan fingerprint density at radius 3 is 2.44 bits per heavy atom. The van der Waals surface area contributed by atoms with Crippen LogP contribution in [-0.2, 0) is 0 Å². The van der Waals surface area contributed by atoms with Crippen molar-refractivity contribution in [3.8, 4) is 0 Å². The second-order valence-electron chi connectivity index (χ2n) is 5.16. The highest BCUT2D eigenvalue weighted by atomic mass is 35.5. The van der Waals surface area contributed by atoms with Gasteiger partial charge in [-0.15, -0.1) is 0 Å². The molecule has 0 atom stereocenters. The lowest BCUT2D eigenvalue weighted by Gasteiger charge is -2.27. The lowest BCUT2D eigenvalue weighted by Crippen LogP contribution is -2.34. The molecule has 1 aromatic rings. The van der Waals surface area contributed by atoms with Crippen LogP contribution in [0.25, 0.3) is 0 Å². The molecule has 0 aliphatic heterocycles. The summed E-state index contributed by atoms with van der Waals surface area (Å²) >= 11 is 6.05. The number of aryl methyl sites for hydroxylation is 1. The zero-order valence-electron chi connectivity index (χ0n) is 10.3. The van der Waals surface area contributed by atoms with Gasteiger partial charge in [0.05, 0.1) is 0 Å². The second-order valence-corrected chi connectivity index (χ2v) is 5.51. The average Bonchev–Trinajstić information content (AvgIpc) is 2.95. The highest BCUT2D eigenvalue weighted by Crippen LogP contribution is 2.41. The molecule has 4 heteroatoms. The first-order valence-corrected chi connectivity index (χ1v) is 6.07. The normalized spacial score (nSPS) is 16.3. The van der Waals surface area contributed by atoms with Gasteiger partial charge in [0.2, 0.25) is 0 Å². The molecule has 1 aromatic heterocycles. The summed E-state index contributed by atoms with van der Waals surface area (Å²) in [6.07, 6.45) is 2.60. The monoisotopic (exact) mass is 239 g/mol. The summed E-state index contributed by atoms with van der Waals surface area (Å²) in [5.41, 5.74) is 1.02. The van der Waals surface area contributed by atoms with E-state index >= 15 is 0 Å². The zero-order valence-corrected chi connectivity index (χ0v) is 11.0. The number of aromatic nitrogens is 2. The number of rotatable bonds is 3. The van der Waals surface area contributed by atoms with Gasteiger partial charge in [-0.05, 0) is 46.5 Å². The Kier molecular flexibility index (Phi) is 2.82. The fraction of sp³-hybridized carbons (Fsp3) is 0.667. The number of anilines is 1. The summed E-state index contributed by atoms with van der Waals surface area (Å²) in [7, 11) is 0. The summed E-state index contributed by atoms with van der Waals surface area (Å²) in [5, 5.41) is 4.04. The molecule has 88 valence electrons. The first-order valence-electron chi connectivity index (χ1n) is 5.69. The number of hydrogen-bond donors (Lipinski definition) is 1. The summed E-state index contributed by atoms with van der Waals surface area (Å²) in [6.45, 7) is 8.25. The molecule has 1 heterocycles. The number of nitrogens with zero attached hydrogens (tertiary/aromatic N) is 2. The van der Waals surface area contributed by atoms with Crippen molar-refractivity contribution in [2.24, 2.45) is 5.92 Å². The molecular formula is C12H18ClN3. The topological polar surface area (TPSA) is 37.8 Å². The minimum atomic E-state index is 0.0921. The summed E-state index contributed by atoms with van der Waals surface area (Å²) < 4.78 is 0. The number of hydrogen-bond acceptors (Lipinski definition) is 3.